The number of rotatable bonds is 7. The van der Waals surface area contributed by atoms with Gasteiger partial charge in [0.15, 0.2) is 0 Å². The van der Waals surface area contributed by atoms with Gasteiger partial charge in [0.2, 0.25) is 5.91 Å². The van der Waals surface area contributed by atoms with Gasteiger partial charge in [-0.05, 0) is 26.3 Å². The molecule has 0 saturated heterocycles. The number of benzene rings is 1. The van der Waals surface area contributed by atoms with Gasteiger partial charge in [0.1, 0.15) is 0 Å². The highest BCUT2D eigenvalue weighted by molar-refractivity contribution is 5.81. The SMILES string of the molecule is CCNC(=O)CN(CC)c1ccccc1[C@H](O)CC. The number of carbonyl (C=O) groups is 1. The van der Waals surface area contributed by atoms with Crippen LogP contribution >= 0.6 is 0 Å². The molecule has 1 aromatic rings. The van der Waals surface area contributed by atoms with Crippen molar-refractivity contribution in [2.75, 3.05) is 24.5 Å². The Bertz CT molecular complexity index is 407. The summed E-state index contributed by atoms with van der Waals surface area (Å²) >= 11 is 0. The highest BCUT2D eigenvalue weighted by Gasteiger charge is 2.16. The van der Waals surface area contributed by atoms with Crippen LogP contribution in [0.5, 0.6) is 0 Å². The third-order valence-corrected chi connectivity index (χ3v) is 3.11. The van der Waals surface area contributed by atoms with Gasteiger partial charge in [-0.2, -0.15) is 0 Å². The molecule has 2 N–H and O–H groups in total. The number of hydrogen-bond acceptors (Lipinski definition) is 3. The molecular formula is C15H24N2O2. The van der Waals surface area contributed by atoms with Crippen LogP contribution in [0.1, 0.15) is 38.9 Å². The summed E-state index contributed by atoms with van der Waals surface area (Å²) in [6, 6.07) is 7.72. The predicted octanol–water partition coefficient (Wildman–Crippen LogP) is 2.09. The minimum atomic E-state index is -0.487. The summed E-state index contributed by atoms with van der Waals surface area (Å²) in [5.74, 6) is 0.00476. The van der Waals surface area contributed by atoms with Crippen molar-refractivity contribution in [3.05, 3.63) is 29.8 Å². The fraction of sp³-hybridized carbons (Fsp3) is 0.533. The van der Waals surface area contributed by atoms with E-state index in [1.54, 1.807) is 0 Å². The summed E-state index contributed by atoms with van der Waals surface area (Å²) in [5.41, 5.74) is 1.82. The van der Waals surface area contributed by atoms with Crippen molar-refractivity contribution in [2.24, 2.45) is 0 Å². The molecule has 1 atom stereocenters. The lowest BCUT2D eigenvalue weighted by atomic mass is 10.0. The van der Waals surface area contributed by atoms with Crippen molar-refractivity contribution in [3.63, 3.8) is 0 Å². The van der Waals surface area contributed by atoms with Crippen molar-refractivity contribution < 1.29 is 9.90 Å². The predicted molar refractivity (Wildman–Crippen MR) is 78.3 cm³/mol. The topological polar surface area (TPSA) is 52.6 Å². The van der Waals surface area contributed by atoms with E-state index < -0.39 is 6.10 Å². The molecule has 0 aromatic heterocycles. The Morgan fingerprint density at radius 1 is 1.32 bits per heavy atom. The van der Waals surface area contributed by atoms with Gasteiger partial charge >= 0.3 is 0 Å². The van der Waals surface area contributed by atoms with Crippen molar-refractivity contribution in [2.45, 2.75) is 33.3 Å². The molecule has 1 amide bonds. The van der Waals surface area contributed by atoms with E-state index in [1.165, 1.54) is 0 Å². The lowest BCUT2D eigenvalue weighted by Gasteiger charge is -2.26. The maximum atomic E-state index is 11.7. The zero-order valence-corrected chi connectivity index (χ0v) is 12.0. The zero-order chi connectivity index (χ0) is 14.3. The van der Waals surface area contributed by atoms with Gasteiger partial charge in [0, 0.05) is 24.3 Å². The quantitative estimate of drug-likeness (QED) is 0.793. The average molecular weight is 264 g/mol. The van der Waals surface area contributed by atoms with Crippen LogP contribution in [0.2, 0.25) is 0 Å². The van der Waals surface area contributed by atoms with Crippen molar-refractivity contribution >= 4 is 11.6 Å². The maximum Gasteiger partial charge on any atom is 0.239 e. The number of aliphatic hydroxyl groups excluding tert-OH is 1. The number of likely N-dealkylation sites (N-methyl/N-ethyl adjacent to an activating group) is 2. The lowest BCUT2D eigenvalue weighted by Crippen LogP contribution is -2.37. The van der Waals surface area contributed by atoms with E-state index in [0.29, 0.717) is 19.5 Å². The van der Waals surface area contributed by atoms with Gasteiger partial charge in [-0.3, -0.25) is 4.79 Å². The molecule has 0 saturated carbocycles. The lowest BCUT2D eigenvalue weighted by molar-refractivity contribution is -0.119. The highest BCUT2D eigenvalue weighted by Crippen LogP contribution is 2.27. The molecule has 1 rings (SSSR count). The Labute approximate surface area is 115 Å². The smallest absolute Gasteiger partial charge is 0.239 e. The number of nitrogens with one attached hydrogen (secondary N) is 1. The van der Waals surface area contributed by atoms with E-state index in [4.69, 9.17) is 0 Å². The van der Waals surface area contributed by atoms with Crippen molar-refractivity contribution in [3.8, 4) is 0 Å². The number of aliphatic hydroxyl groups is 1. The summed E-state index contributed by atoms with van der Waals surface area (Å²) < 4.78 is 0. The van der Waals surface area contributed by atoms with Crippen LogP contribution < -0.4 is 10.2 Å². The van der Waals surface area contributed by atoms with Crippen molar-refractivity contribution in [1.82, 2.24) is 5.32 Å². The van der Waals surface area contributed by atoms with E-state index in [1.807, 2.05) is 49.9 Å². The Morgan fingerprint density at radius 3 is 2.58 bits per heavy atom. The average Bonchev–Trinajstić information content (AvgIpc) is 2.44. The number of carbonyl (C=O) groups excluding carboxylic acids is 1. The molecule has 0 aliphatic rings. The second-order valence-corrected chi connectivity index (χ2v) is 4.45. The first kappa shape index (κ1) is 15.5. The van der Waals surface area contributed by atoms with E-state index in [2.05, 4.69) is 5.32 Å². The number of nitrogens with zero attached hydrogens (tertiary/aromatic N) is 1. The summed E-state index contributed by atoms with van der Waals surface area (Å²) in [4.78, 5) is 13.7. The molecule has 19 heavy (non-hydrogen) atoms. The van der Waals surface area contributed by atoms with Gasteiger partial charge in [-0.25, -0.2) is 0 Å². The first-order chi connectivity index (χ1) is 9.13. The number of amides is 1. The Morgan fingerprint density at radius 2 is 2.00 bits per heavy atom. The van der Waals surface area contributed by atoms with Gasteiger partial charge in [-0.15, -0.1) is 0 Å². The monoisotopic (exact) mass is 264 g/mol. The molecule has 0 aliphatic heterocycles. The van der Waals surface area contributed by atoms with Gasteiger partial charge in [-0.1, -0.05) is 25.1 Å². The van der Waals surface area contributed by atoms with E-state index in [0.717, 1.165) is 17.8 Å². The van der Waals surface area contributed by atoms with Crippen LogP contribution in [0.25, 0.3) is 0 Å². The third-order valence-electron chi connectivity index (χ3n) is 3.11. The molecular weight excluding hydrogens is 240 g/mol. The van der Waals surface area contributed by atoms with Gasteiger partial charge in [0.05, 0.1) is 12.6 Å². The second kappa shape index (κ2) is 7.79. The largest absolute Gasteiger partial charge is 0.388 e. The number of anilines is 1. The molecule has 4 nitrogen and oxygen atoms in total. The zero-order valence-electron chi connectivity index (χ0n) is 12.0. The summed E-state index contributed by atoms with van der Waals surface area (Å²) in [6.45, 7) is 7.54. The summed E-state index contributed by atoms with van der Waals surface area (Å²) in [6.07, 6.45) is 0.176. The fourth-order valence-corrected chi connectivity index (χ4v) is 2.07. The molecule has 0 spiro atoms. The minimum Gasteiger partial charge on any atom is -0.388 e. The molecule has 4 heteroatoms. The highest BCUT2D eigenvalue weighted by atomic mass is 16.3. The molecule has 0 heterocycles. The number of para-hydroxylation sites is 1. The first-order valence-electron chi connectivity index (χ1n) is 6.92. The molecule has 0 fully saturated rings. The molecule has 0 unspecified atom stereocenters. The fourth-order valence-electron chi connectivity index (χ4n) is 2.07. The first-order valence-corrected chi connectivity index (χ1v) is 6.92. The van der Waals surface area contributed by atoms with Gasteiger partial charge < -0.3 is 15.3 Å². The standard InChI is InChI=1S/C15H24N2O2/c1-4-14(18)12-9-7-8-10-13(12)17(6-3)11-15(19)16-5-2/h7-10,14,18H,4-6,11H2,1-3H3,(H,16,19)/t14-/m1/s1. The number of hydrogen-bond donors (Lipinski definition) is 2. The molecule has 1 aromatic carbocycles. The van der Waals surface area contributed by atoms with E-state index in [-0.39, 0.29) is 5.91 Å². The molecule has 0 radical (unpaired) electrons. The Balaban J connectivity index is 2.94. The van der Waals surface area contributed by atoms with Gasteiger partial charge in [0.25, 0.3) is 0 Å². The summed E-state index contributed by atoms with van der Waals surface area (Å²) in [5, 5.41) is 12.9. The van der Waals surface area contributed by atoms with Crippen LogP contribution in [0.15, 0.2) is 24.3 Å². The molecule has 106 valence electrons. The maximum absolute atomic E-state index is 11.7. The third kappa shape index (κ3) is 4.24. The molecule has 0 bridgehead atoms. The summed E-state index contributed by atoms with van der Waals surface area (Å²) in [7, 11) is 0. The molecule has 0 aliphatic carbocycles. The second-order valence-electron chi connectivity index (χ2n) is 4.45. The normalized spacial score (nSPS) is 12.0. The van der Waals surface area contributed by atoms with E-state index in [9.17, 15) is 9.90 Å². The van der Waals surface area contributed by atoms with Crippen LogP contribution in [-0.2, 0) is 4.79 Å². The van der Waals surface area contributed by atoms with Crippen LogP contribution in [0, 0.1) is 0 Å². The van der Waals surface area contributed by atoms with Crippen LogP contribution in [0.3, 0.4) is 0 Å². The van der Waals surface area contributed by atoms with Crippen molar-refractivity contribution in [1.29, 1.82) is 0 Å². The minimum absolute atomic E-state index is 0.00476. The Hall–Kier alpha value is -1.55. The Kier molecular flexibility index (Phi) is 6.36. The van der Waals surface area contributed by atoms with Crippen LogP contribution in [0.4, 0.5) is 5.69 Å². The van der Waals surface area contributed by atoms with Crippen LogP contribution in [-0.4, -0.2) is 30.6 Å². The van der Waals surface area contributed by atoms with E-state index >= 15 is 0 Å².